The number of rotatable bonds is 8. The van der Waals surface area contributed by atoms with Gasteiger partial charge in [0.1, 0.15) is 23.7 Å². The molecule has 5 rings (SSSR count). The van der Waals surface area contributed by atoms with E-state index in [0.717, 1.165) is 22.3 Å². The molecule has 0 saturated carbocycles. The largest absolute Gasteiger partial charge is 0.489 e. The van der Waals surface area contributed by atoms with Crippen LogP contribution in [-0.4, -0.2) is 15.8 Å². The lowest BCUT2D eigenvalue weighted by atomic mass is 10.1. The van der Waals surface area contributed by atoms with Crippen molar-refractivity contribution in [3.05, 3.63) is 120 Å². The molecule has 3 aromatic heterocycles. The van der Waals surface area contributed by atoms with Crippen molar-refractivity contribution in [3.8, 4) is 5.75 Å². The summed E-state index contributed by atoms with van der Waals surface area (Å²) < 4.78 is 17.6. The standard InChI is InChI=1S/C27H22N2O4/c30-27(29(18-22-11-7-15-31-22)17-20-8-6-14-28-16-20)26-24(19-32-21-9-2-1-3-10-21)23-12-4-5-13-25(23)33-26/h1-16H,17-19H2. The second kappa shape index (κ2) is 9.44. The van der Waals surface area contributed by atoms with Crippen LogP contribution in [0.25, 0.3) is 11.0 Å². The van der Waals surface area contributed by atoms with E-state index in [1.807, 2.05) is 78.9 Å². The zero-order chi connectivity index (χ0) is 22.5. The fourth-order valence-corrected chi connectivity index (χ4v) is 3.73. The Bertz CT molecular complexity index is 1330. The molecule has 5 aromatic rings. The van der Waals surface area contributed by atoms with Crippen LogP contribution < -0.4 is 4.74 Å². The summed E-state index contributed by atoms with van der Waals surface area (Å²) in [6.45, 7) is 0.879. The van der Waals surface area contributed by atoms with E-state index in [1.165, 1.54) is 0 Å². The first-order valence-electron chi connectivity index (χ1n) is 10.7. The molecule has 0 aliphatic rings. The molecule has 1 amide bonds. The van der Waals surface area contributed by atoms with Crippen molar-refractivity contribution in [1.29, 1.82) is 0 Å². The van der Waals surface area contributed by atoms with Crippen LogP contribution in [0.2, 0.25) is 0 Å². The van der Waals surface area contributed by atoms with Gasteiger partial charge >= 0.3 is 0 Å². The van der Waals surface area contributed by atoms with Gasteiger partial charge in [0.2, 0.25) is 0 Å². The van der Waals surface area contributed by atoms with Crippen molar-refractivity contribution in [1.82, 2.24) is 9.88 Å². The lowest BCUT2D eigenvalue weighted by molar-refractivity contribution is 0.0684. The molecule has 3 heterocycles. The first-order valence-corrected chi connectivity index (χ1v) is 10.7. The van der Waals surface area contributed by atoms with Crippen molar-refractivity contribution in [3.63, 3.8) is 0 Å². The summed E-state index contributed by atoms with van der Waals surface area (Å²) in [7, 11) is 0. The van der Waals surface area contributed by atoms with Crippen LogP contribution in [0, 0.1) is 0 Å². The summed E-state index contributed by atoms with van der Waals surface area (Å²) in [4.78, 5) is 19.7. The maximum absolute atomic E-state index is 13.8. The Kier molecular flexibility index (Phi) is 5.89. The number of aromatic nitrogens is 1. The van der Waals surface area contributed by atoms with E-state index in [1.54, 1.807) is 23.6 Å². The molecule has 0 bridgehead atoms. The topological polar surface area (TPSA) is 68.7 Å². The molecular formula is C27H22N2O4. The third kappa shape index (κ3) is 4.65. The predicted octanol–water partition coefficient (Wildman–Crippen LogP) is 5.84. The van der Waals surface area contributed by atoms with E-state index in [0.29, 0.717) is 24.4 Å². The second-order valence-corrected chi connectivity index (χ2v) is 7.61. The third-order valence-corrected chi connectivity index (χ3v) is 5.33. The number of benzene rings is 2. The number of hydrogen-bond acceptors (Lipinski definition) is 5. The highest BCUT2D eigenvalue weighted by molar-refractivity contribution is 5.99. The predicted molar refractivity (Wildman–Crippen MR) is 124 cm³/mol. The van der Waals surface area contributed by atoms with E-state index in [2.05, 4.69) is 4.98 Å². The fraction of sp³-hybridized carbons (Fsp3) is 0.111. The summed E-state index contributed by atoms with van der Waals surface area (Å²) in [5.41, 5.74) is 2.28. The summed E-state index contributed by atoms with van der Waals surface area (Å²) in [6, 6.07) is 24.6. The van der Waals surface area contributed by atoms with Gasteiger partial charge in [0.05, 0.1) is 12.8 Å². The highest BCUT2D eigenvalue weighted by atomic mass is 16.5. The van der Waals surface area contributed by atoms with Crippen molar-refractivity contribution in [2.45, 2.75) is 19.7 Å². The van der Waals surface area contributed by atoms with E-state index in [9.17, 15) is 4.79 Å². The van der Waals surface area contributed by atoms with Crippen LogP contribution in [0.15, 0.2) is 106 Å². The first kappa shape index (κ1) is 20.6. The number of carbonyl (C=O) groups is 1. The van der Waals surface area contributed by atoms with Gasteiger partial charge in [-0.05, 0) is 42.0 Å². The van der Waals surface area contributed by atoms with Gasteiger partial charge in [0.25, 0.3) is 5.91 Å². The first-order chi connectivity index (χ1) is 16.3. The van der Waals surface area contributed by atoms with E-state index in [-0.39, 0.29) is 18.3 Å². The molecule has 33 heavy (non-hydrogen) atoms. The molecule has 0 radical (unpaired) electrons. The van der Waals surface area contributed by atoms with E-state index in [4.69, 9.17) is 13.6 Å². The Balaban J connectivity index is 1.50. The average Bonchev–Trinajstić information content (AvgIpc) is 3.51. The van der Waals surface area contributed by atoms with Gasteiger partial charge in [-0.15, -0.1) is 0 Å². The number of pyridine rings is 1. The number of amides is 1. The van der Waals surface area contributed by atoms with Crippen LogP contribution in [0.3, 0.4) is 0 Å². The maximum Gasteiger partial charge on any atom is 0.290 e. The van der Waals surface area contributed by atoms with Crippen molar-refractivity contribution in [2.24, 2.45) is 0 Å². The quantitative estimate of drug-likeness (QED) is 0.304. The smallest absolute Gasteiger partial charge is 0.290 e. The van der Waals surface area contributed by atoms with Gasteiger partial charge in [-0.25, -0.2) is 0 Å². The van der Waals surface area contributed by atoms with Gasteiger partial charge in [-0.3, -0.25) is 9.78 Å². The van der Waals surface area contributed by atoms with Crippen molar-refractivity contribution < 1.29 is 18.4 Å². The number of furan rings is 2. The molecular weight excluding hydrogens is 416 g/mol. The van der Waals surface area contributed by atoms with Gasteiger partial charge in [0.15, 0.2) is 5.76 Å². The molecule has 6 heteroatoms. The van der Waals surface area contributed by atoms with Crippen molar-refractivity contribution in [2.75, 3.05) is 0 Å². The molecule has 164 valence electrons. The minimum atomic E-state index is -0.238. The Labute approximate surface area is 191 Å². The summed E-state index contributed by atoms with van der Waals surface area (Å²) >= 11 is 0. The lowest BCUT2D eigenvalue weighted by Gasteiger charge is -2.21. The maximum atomic E-state index is 13.8. The van der Waals surface area contributed by atoms with Gasteiger partial charge in [-0.1, -0.05) is 42.5 Å². The number of ether oxygens (including phenoxy) is 1. The number of hydrogen-bond donors (Lipinski definition) is 0. The SMILES string of the molecule is O=C(c1oc2ccccc2c1COc1ccccc1)N(Cc1cccnc1)Cc1ccco1. The average molecular weight is 438 g/mol. The molecule has 0 unspecified atom stereocenters. The minimum Gasteiger partial charge on any atom is -0.489 e. The number of para-hydroxylation sites is 2. The molecule has 0 aliphatic carbocycles. The highest BCUT2D eigenvalue weighted by Crippen LogP contribution is 2.29. The molecule has 0 fully saturated rings. The minimum absolute atomic E-state index is 0.212. The van der Waals surface area contributed by atoms with Crippen LogP contribution in [0.5, 0.6) is 5.75 Å². The zero-order valence-electron chi connectivity index (χ0n) is 17.9. The lowest BCUT2D eigenvalue weighted by Crippen LogP contribution is -2.30. The number of nitrogens with zero attached hydrogens (tertiary/aromatic N) is 2. The highest BCUT2D eigenvalue weighted by Gasteiger charge is 2.26. The van der Waals surface area contributed by atoms with Gasteiger partial charge < -0.3 is 18.5 Å². The van der Waals surface area contributed by atoms with Gasteiger partial charge in [0, 0.05) is 29.9 Å². The fourth-order valence-electron chi connectivity index (χ4n) is 3.73. The molecule has 0 spiro atoms. The number of carbonyl (C=O) groups excluding carboxylic acids is 1. The van der Waals surface area contributed by atoms with Gasteiger partial charge in [-0.2, -0.15) is 0 Å². The third-order valence-electron chi connectivity index (χ3n) is 5.33. The summed E-state index contributed by atoms with van der Waals surface area (Å²) in [5, 5.41) is 0.858. The van der Waals surface area contributed by atoms with Crippen LogP contribution in [0.4, 0.5) is 0 Å². The van der Waals surface area contributed by atoms with Crippen LogP contribution in [-0.2, 0) is 19.7 Å². The molecule has 0 N–H and O–H groups in total. The monoisotopic (exact) mass is 438 g/mol. The van der Waals surface area contributed by atoms with E-state index < -0.39 is 0 Å². The van der Waals surface area contributed by atoms with E-state index >= 15 is 0 Å². The number of fused-ring (bicyclic) bond motifs is 1. The molecule has 0 atom stereocenters. The van der Waals surface area contributed by atoms with Crippen LogP contribution >= 0.6 is 0 Å². The Morgan fingerprint density at radius 2 is 1.76 bits per heavy atom. The zero-order valence-corrected chi connectivity index (χ0v) is 17.9. The van der Waals surface area contributed by atoms with Crippen molar-refractivity contribution >= 4 is 16.9 Å². The Morgan fingerprint density at radius 3 is 2.55 bits per heavy atom. The molecule has 2 aromatic carbocycles. The van der Waals surface area contributed by atoms with Crippen LogP contribution in [0.1, 0.15) is 27.4 Å². The summed E-state index contributed by atoms with van der Waals surface area (Å²) in [6.07, 6.45) is 5.06. The summed E-state index contributed by atoms with van der Waals surface area (Å²) in [5.74, 6) is 1.44. The Hall–Kier alpha value is -4.32. The normalized spacial score (nSPS) is 10.9. The Morgan fingerprint density at radius 1 is 0.909 bits per heavy atom. The molecule has 0 aliphatic heterocycles. The second-order valence-electron chi connectivity index (χ2n) is 7.61. The molecule has 0 saturated heterocycles. The molecule has 6 nitrogen and oxygen atoms in total.